The molecule has 0 aromatic carbocycles. The van der Waals surface area contributed by atoms with Crippen LogP contribution < -0.4 is 5.73 Å². The van der Waals surface area contributed by atoms with Crippen LogP contribution in [0.25, 0.3) is 0 Å². The average molecular weight is 226 g/mol. The Bertz CT molecular complexity index is 257. The maximum absolute atomic E-state index is 12.4. The van der Waals surface area contributed by atoms with Crippen LogP contribution in [0, 0.1) is 0 Å². The van der Waals surface area contributed by atoms with Crippen LogP contribution >= 0.6 is 0 Å². The van der Waals surface area contributed by atoms with E-state index in [2.05, 4.69) is 0 Å². The van der Waals surface area contributed by atoms with E-state index in [1.807, 2.05) is 0 Å². The lowest BCUT2D eigenvalue weighted by Gasteiger charge is -2.25. The highest BCUT2D eigenvalue weighted by atomic mass is 19.4. The Morgan fingerprint density at radius 1 is 1.53 bits per heavy atom. The number of carbonyl (C=O) groups excluding carboxylic acids is 1. The van der Waals surface area contributed by atoms with Crippen molar-refractivity contribution in [1.82, 2.24) is 4.90 Å². The third-order valence-corrected chi connectivity index (χ3v) is 2.49. The zero-order valence-electron chi connectivity index (χ0n) is 8.05. The molecule has 1 atom stereocenters. The molecule has 1 rings (SSSR count). The predicted octanol–water partition coefficient (Wildman–Crippen LogP) is -0.139. The molecule has 0 aliphatic carbocycles. The summed E-state index contributed by atoms with van der Waals surface area (Å²) >= 11 is 0. The Hall–Kier alpha value is -0.820. The second-order valence-corrected chi connectivity index (χ2v) is 3.63. The average Bonchev–Trinajstić information content (AvgIpc) is 2.48. The number of hydrogen-bond donors (Lipinski definition) is 2. The minimum absolute atomic E-state index is 0.00787. The Balaban J connectivity index is 2.63. The van der Waals surface area contributed by atoms with E-state index in [-0.39, 0.29) is 19.5 Å². The molecule has 1 heterocycles. The molecule has 0 unspecified atom stereocenters. The SMILES string of the molecule is NCCC(=O)N1CC[C@](O)(C(F)(F)F)C1. The number of carbonyl (C=O) groups is 1. The second kappa shape index (κ2) is 3.97. The van der Waals surface area contributed by atoms with Gasteiger partial charge >= 0.3 is 6.18 Å². The molecule has 0 aromatic rings. The Labute approximate surface area is 84.8 Å². The summed E-state index contributed by atoms with van der Waals surface area (Å²) in [6.07, 6.45) is -5.15. The van der Waals surface area contributed by atoms with Gasteiger partial charge in [0.1, 0.15) is 0 Å². The van der Waals surface area contributed by atoms with Crippen LogP contribution in [0.2, 0.25) is 0 Å². The number of likely N-dealkylation sites (tertiary alicyclic amines) is 1. The monoisotopic (exact) mass is 226 g/mol. The molecule has 1 aliphatic heterocycles. The molecule has 15 heavy (non-hydrogen) atoms. The van der Waals surface area contributed by atoms with Gasteiger partial charge in [0.05, 0.1) is 6.54 Å². The maximum Gasteiger partial charge on any atom is 0.419 e. The Morgan fingerprint density at radius 3 is 2.53 bits per heavy atom. The number of β-amino-alcohol motifs (C(OH)–C–C–N with tert-alkyl or cyclic N) is 1. The van der Waals surface area contributed by atoms with Gasteiger partial charge in [0.2, 0.25) is 5.91 Å². The number of halogens is 3. The standard InChI is InChI=1S/C8H13F3N2O2/c9-8(10,11)7(15)2-4-13(5-7)6(14)1-3-12/h15H,1-5,12H2/t7-/m1/s1. The van der Waals surface area contributed by atoms with Crippen LogP contribution in [-0.2, 0) is 4.79 Å². The molecule has 4 nitrogen and oxygen atoms in total. The number of rotatable bonds is 2. The fourth-order valence-corrected chi connectivity index (χ4v) is 1.52. The molecule has 1 amide bonds. The molecule has 0 bridgehead atoms. The maximum atomic E-state index is 12.4. The fourth-order valence-electron chi connectivity index (χ4n) is 1.52. The van der Waals surface area contributed by atoms with Crippen LogP contribution in [0.15, 0.2) is 0 Å². The van der Waals surface area contributed by atoms with Gasteiger partial charge in [-0.2, -0.15) is 13.2 Å². The highest BCUT2D eigenvalue weighted by Crippen LogP contribution is 2.37. The molecular formula is C8H13F3N2O2. The van der Waals surface area contributed by atoms with E-state index in [9.17, 15) is 23.1 Å². The van der Waals surface area contributed by atoms with E-state index >= 15 is 0 Å². The van der Waals surface area contributed by atoms with E-state index in [1.54, 1.807) is 0 Å². The number of nitrogens with zero attached hydrogens (tertiary/aromatic N) is 1. The smallest absolute Gasteiger partial charge is 0.379 e. The highest BCUT2D eigenvalue weighted by Gasteiger charge is 2.57. The first-order chi connectivity index (χ1) is 6.80. The fraction of sp³-hybridized carbons (Fsp3) is 0.875. The summed E-state index contributed by atoms with van der Waals surface area (Å²) in [6.45, 7) is -0.663. The molecule has 1 aliphatic rings. The number of aliphatic hydroxyl groups is 1. The molecule has 7 heteroatoms. The van der Waals surface area contributed by atoms with Gasteiger partial charge in [-0.25, -0.2) is 0 Å². The molecule has 0 aromatic heterocycles. The molecule has 1 saturated heterocycles. The molecule has 0 spiro atoms. The largest absolute Gasteiger partial charge is 0.419 e. The van der Waals surface area contributed by atoms with Crippen molar-refractivity contribution in [3.05, 3.63) is 0 Å². The molecule has 3 N–H and O–H groups in total. The second-order valence-electron chi connectivity index (χ2n) is 3.63. The van der Waals surface area contributed by atoms with E-state index in [0.717, 1.165) is 4.90 Å². The van der Waals surface area contributed by atoms with Gasteiger partial charge in [0.25, 0.3) is 0 Å². The first kappa shape index (κ1) is 12.3. The van der Waals surface area contributed by atoms with Crippen molar-refractivity contribution < 1.29 is 23.1 Å². The van der Waals surface area contributed by atoms with Crippen molar-refractivity contribution in [3.8, 4) is 0 Å². The number of hydrogen-bond acceptors (Lipinski definition) is 3. The van der Waals surface area contributed by atoms with Crippen LogP contribution in [0.5, 0.6) is 0 Å². The van der Waals surface area contributed by atoms with Gasteiger partial charge in [0.15, 0.2) is 5.60 Å². The van der Waals surface area contributed by atoms with E-state index < -0.39 is 30.7 Å². The van der Waals surface area contributed by atoms with Crippen molar-refractivity contribution in [3.63, 3.8) is 0 Å². The van der Waals surface area contributed by atoms with E-state index in [1.165, 1.54) is 0 Å². The zero-order valence-corrected chi connectivity index (χ0v) is 8.05. The zero-order chi connectivity index (χ0) is 11.7. The third-order valence-electron chi connectivity index (χ3n) is 2.49. The van der Waals surface area contributed by atoms with Crippen LogP contribution in [-0.4, -0.2) is 47.3 Å². The molecule has 0 saturated carbocycles. The number of alkyl halides is 3. The normalized spacial score (nSPS) is 27.1. The van der Waals surface area contributed by atoms with Crippen LogP contribution in [0.4, 0.5) is 13.2 Å². The molecular weight excluding hydrogens is 213 g/mol. The summed E-state index contributed by atoms with van der Waals surface area (Å²) in [6, 6.07) is 0. The van der Waals surface area contributed by atoms with E-state index in [4.69, 9.17) is 5.73 Å². The first-order valence-electron chi connectivity index (χ1n) is 4.57. The number of amides is 1. The summed E-state index contributed by atoms with van der Waals surface area (Å²) in [5.41, 5.74) is 2.37. The first-order valence-corrected chi connectivity index (χ1v) is 4.57. The van der Waals surface area contributed by atoms with Crippen molar-refractivity contribution >= 4 is 5.91 Å². The van der Waals surface area contributed by atoms with Gasteiger partial charge in [-0.1, -0.05) is 0 Å². The Kier molecular flexibility index (Phi) is 3.25. The van der Waals surface area contributed by atoms with Gasteiger partial charge in [0, 0.05) is 25.9 Å². The van der Waals surface area contributed by atoms with Gasteiger partial charge in [-0.05, 0) is 0 Å². The predicted molar refractivity (Wildman–Crippen MR) is 45.9 cm³/mol. The van der Waals surface area contributed by atoms with Crippen molar-refractivity contribution in [2.24, 2.45) is 5.73 Å². The summed E-state index contributed by atoms with van der Waals surface area (Å²) in [4.78, 5) is 12.2. The van der Waals surface area contributed by atoms with Crippen molar-refractivity contribution in [1.29, 1.82) is 0 Å². The van der Waals surface area contributed by atoms with E-state index in [0.29, 0.717) is 0 Å². The summed E-state index contributed by atoms with van der Waals surface area (Å²) < 4.78 is 37.1. The van der Waals surface area contributed by atoms with Crippen LogP contribution in [0.1, 0.15) is 12.8 Å². The van der Waals surface area contributed by atoms with Gasteiger partial charge in [-0.15, -0.1) is 0 Å². The minimum atomic E-state index is -4.69. The number of nitrogens with two attached hydrogens (primary N) is 1. The third kappa shape index (κ3) is 2.40. The summed E-state index contributed by atoms with van der Waals surface area (Å²) in [7, 11) is 0. The summed E-state index contributed by atoms with van der Waals surface area (Å²) in [5.74, 6) is -0.447. The molecule has 0 radical (unpaired) electrons. The lowest BCUT2D eigenvalue weighted by Crippen LogP contribution is -2.48. The highest BCUT2D eigenvalue weighted by molar-refractivity contribution is 5.76. The Morgan fingerprint density at radius 2 is 2.13 bits per heavy atom. The lowest BCUT2D eigenvalue weighted by molar-refractivity contribution is -0.253. The summed E-state index contributed by atoms with van der Waals surface area (Å²) in [5, 5.41) is 9.27. The topological polar surface area (TPSA) is 66.6 Å². The van der Waals surface area contributed by atoms with Crippen molar-refractivity contribution in [2.45, 2.75) is 24.6 Å². The van der Waals surface area contributed by atoms with Gasteiger partial charge < -0.3 is 15.7 Å². The lowest BCUT2D eigenvalue weighted by atomic mass is 10.0. The van der Waals surface area contributed by atoms with Gasteiger partial charge in [-0.3, -0.25) is 4.79 Å². The molecule has 1 fully saturated rings. The quantitative estimate of drug-likeness (QED) is 0.688. The van der Waals surface area contributed by atoms with Crippen LogP contribution in [0.3, 0.4) is 0 Å². The van der Waals surface area contributed by atoms with Crippen molar-refractivity contribution in [2.75, 3.05) is 19.6 Å². The minimum Gasteiger partial charge on any atom is -0.379 e. The molecule has 88 valence electrons.